The number of carbonyl (C=O) groups is 1. The molecule has 1 aliphatic carbocycles. The minimum atomic E-state index is -0.0449. The van der Waals surface area contributed by atoms with E-state index in [0.29, 0.717) is 29.2 Å². The lowest BCUT2D eigenvalue weighted by molar-refractivity contribution is -0.120. The fraction of sp³-hybridized carbons (Fsp3) is 0.556. The number of halogens is 1. The van der Waals surface area contributed by atoms with Crippen molar-refractivity contribution in [1.82, 2.24) is 10.3 Å². The maximum atomic E-state index is 11.0. The third-order valence-electron chi connectivity index (χ3n) is 4.09. The summed E-state index contributed by atoms with van der Waals surface area (Å²) in [5.74, 6) is 0.623. The molecule has 1 heterocycles. The number of nitrogens with one attached hydrogen (secondary N) is 1. The summed E-state index contributed by atoms with van der Waals surface area (Å²) in [6.07, 6.45) is 1.87. The first-order valence-corrected chi connectivity index (χ1v) is 9.93. The predicted octanol–water partition coefficient (Wildman–Crippen LogP) is 3.80. The van der Waals surface area contributed by atoms with Gasteiger partial charge in [0.05, 0.1) is 29.5 Å². The molecule has 3 rings (SSSR count). The predicted molar refractivity (Wildman–Crippen MR) is 102 cm³/mol. The second-order valence-corrected chi connectivity index (χ2v) is 7.75. The van der Waals surface area contributed by atoms with Crippen LogP contribution in [0.15, 0.2) is 12.1 Å². The molecule has 1 aliphatic rings. The second kappa shape index (κ2) is 8.41. The van der Waals surface area contributed by atoms with Crippen molar-refractivity contribution in [2.75, 3.05) is 13.2 Å². The molecule has 6 nitrogen and oxygen atoms in total. The first-order chi connectivity index (χ1) is 12.5. The molecule has 0 spiro atoms. The van der Waals surface area contributed by atoms with Crippen LogP contribution < -0.4 is 14.8 Å². The van der Waals surface area contributed by atoms with E-state index in [2.05, 4.69) is 10.3 Å². The van der Waals surface area contributed by atoms with Gasteiger partial charge in [-0.3, -0.25) is 4.79 Å². The van der Waals surface area contributed by atoms with Crippen LogP contribution in [-0.4, -0.2) is 42.4 Å². The molecule has 0 aliphatic heterocycles. The summed E-state index contributed by atoms with van der Waals surface area (Å²) in [4.78, 5) is 15.4. The molecular weight excluding hydrogens is 376 g/mol. The van der Waals surface area contributed by atoms with Gasteiger partial charge in [-0.2, -0.15) is 0 Å². The Balaban J connectivity index is 1.51. The van der Waals surface area contributed by atoms with Gasteiger partial charge in [0.25, 0.3) is 5.19 Å². The zero-order chi connectivity index (χ0) is 18.7. The van der Waals surface area contributed by atoms with Crippen LogP contribution in [0.2, 0.25) is 5.02 Å². The Hall–Kier alpha value is -1.57. The molecule has 1 aromatic carbocycles. The number of rotatable bonds is 8. The second-order valence-electron chi connectivity index (χ2n) is 6.41. The van der Waals surface area contributed by atoms with Gasteiger partial charge in [-0.1, -0.05) is 22.9 Å². The standard InChI is InChI=1S/C18H23ClN2O4S/c1-4-23-18-21-14-5-6-15(16(19)17(14)26-18)25-13-7-12(8-13)24-9-10(2)20-11(3)22/h5-6,10,12-13H,4,7-9H2,1-3H3,(H,20,22)/t10?,12-,13+. The van der Waals surface area contributed by atoms with Gasteiger partial charge >= 0.3 is 0 Å². The average molecular weight is 399 g/mol. The third-order valence-corrected chi connectivity index (χ3v) is 5.58. The Bertz CT molecular complexity index is 776. The summed E-state index contributed by atoms with van der Waals surface area (Å²) < 4.78 is 18.1. The Morgan fingerprint density at radius 1 is 1.42 bits per heavy atom. The molecule has 1 N–H and O–H groups in total. The number of aromatic nitrogens is 1. The van der Waals surface area contributed by atoms with Crippen molar-refractivity contribution in [3.05, 3.63) is 17.2 Å². The monoisotopic (exact) mass is 398 g/mol. The van der Waals surface area contributed by atoms with E-state index in [1.807, 2.05) is 26.0 Å². The molecule has 1 atom stereocenters. The lowest BCUT2D eigenvalue weighted by atomic mass is 9.92. The van der Waals surface area contributed by atoms with Gasteiger partial charge in [0.2, 0.25) is 5.91 Å². The summed E-state index contributed by atoms with van der Waals surface area (Å²) in [5.41, 5.74) is 0.817. The van der Waals surface area contributed by atoms with E-state index in [9.17, 15) is 4.79 Å². The highest BCUT2D eigenvalue weighted by molar-refractivity contribution is 7.20. The molecular formula is C18H23ClN2O4S. The molecule has 26 heavy (non-hydrogen) atoms. The molecule has 0 bridgehead atoms. The zero-order valence-electron chi connectivity index (χ0n) is 15.1. The minimum Gasteiger partial charge on any atom is -0.489 e. The van der Waals surface area contributed by atoms with Crippen LogP contribution in [0.4, 0.5) is 0 Å². The van der Waals surface area contributed by atoms with Gasteiger partial charge in [0.15, 0.2) is 0 Å². The highest BCUT2D eigenvalue weighted by Crippen LogP contribution is 2.40. The number of fused-ring (bicyclic) bond motifs is 1. The molecule has 1 unspecified atom stereocenters. The first-order valence-electron chi connectivity index (χ1n) is 8.73. The molecule has 1 aromatic heterocycles. The molecule has 1 amide bonds. The van der Waals surface area contributed by atoms with Crippen molar-refractivity contribution in [3.8, 4) is 10.9 Å². The lowest BCUT2D eigenvalue weighted by Crippen LogP contribution is -2.42. The van der Waals surface area contributed by atoms with E-state index < -0.39 is 0 Å². The number of ether oxygens (including phenoxy) is 3. The highest BCUT2D eigenvalue weighted by atomic mass is 35.5. The highest BCUT2D eigenvalue weighted by Gasteiger charge is 2.32. The SMILES string of the molecule is CCOc1nc2ccc(O[C@H]3C[C@@H](OCC(C)NC(C)=O)C3)c(Cl)c2s1. The van der Waals surface area contributed by atoms with Gasteiger partial charge in [0.1, 0.15) is 16.9 Å². The Labute approximate surface area is 161 Å². The third kappa shape index (κ3) is 4.58. The Kier molecular flexibility index (Phi) is 6.21. The number of nitrogens with zero attached hydrogens (tertiary/aromatic N) is 1. The Morgan fingerprint density at radius 2 is 2.19 bits per heavy atom. The molecule has 142 valence electrons. The van der Waals surface area contributed by atoms with Crippen LogP contribution in [-0.2, 0) is 9.53 Å². The summed E-state index contributed by atoms with van der Waals surface area (Å²) in [6.45, 7) is 6.43. The molecule has 8 heteroatoms. The molecule has 1 saturated carbocycles. The Morgan fingerprint density at radius 3 is 2.88 bits per heavy atom. The van der Waals surface area contributed by atoms with Crippen LogP contribution in [0.1, 0.15) is 33.6 Å². The van der Waals surface area contributed by atoms with Crippen molar-refractivity contribution in [1.29, 1.82) is 0 Å². The lowest BCUT2D eigenvalue weighted by Gasteiger charge is -2.36. The number of carbonyl (C=O) groups excluding carboxylic acids is 1. The van der Waals surface area contributed by atoms with E-state index in [1.165, 1.54) is 18.3 Å². The van der Waals surface area contributed by atoms with Crippen LogP contribution in [0, 0.1) is 0 Å². The average Bonchev–Trinajstić information content (AvgIpc) is 2.94. The minimum absolute atomic E-state index is 0.00943. The van der Waals surface area contributed by atoms with Crippen molar-refractivity contribution in [2.45, 2.75) is 51.9 Å². The van der Waals surface area contributed by atoms with Crippen LogP contribution >= 0.6 is 22.9 Å². The number of benzene rings is 1. The van der Waals surface area contributed by atoms with E-state index in [4.69, 9.17) is 25.8 Å². The van der Waals surface area contributed by atoms with Crippen molar-refractivity contribution < 1.29 is 19.0 Å². The number of thiazole rings is 1. The van der Waals surface area contributed by atoms with Crippen LogP contribution in [0.3, 0.4) is 0 Å². The van der Waals surface area contributed by atoms with Gasteiger partial charge in [-0.05, 0) is 26.0 Å². The maximum Gasteiger partial charge on any atom is 0.274 e. The smallest absolute Gasteiger partial charge is 0.274 e. The molecule has 1 fully saturated rings. The topological polar surface area (TPSA) is 69.7 Å². The quantitative estimate of drug-likeness (QED) is 0.732. The summed E-state index contributed by atoms with van der Waals surface area (Å²) in [5, 5.41) is 4.00. The van der Waals surface area contributed by atoms with E-state index >= 15 is 0 Å². The summed E-state index contributed by atoms with van der Waals surface area (Å²) in [7, 11) is 0. The number of hydrogen-bond acceptors (Lipinski definition) is 6. The fourth-order valence-electron chi connectivity index (χ4n) is 2.80. The molecule has 0 saturated heterocycles. The molecule has 2 aromatic rings. The van der Waals surface area contributed by atoms with Gasteiger partial charge in [0, 0.05) is 25.8 Å². The van der Waals surface area contributed by atoms with E-state index in [-0.39, 0.29) is 24.2 Å². The van der Waals surface area contributed by atoms with E-state index in [0.717, 1.165) is 23.1 Å². The summed E-state index contributed by atoms with van der Waals surface area (Å²) >= 11 is 7.91. The number of amides is 1. The van der Waals surface area contributed by atoms with Gasteiger partial charge in [-0.25, -0.2) is 4.98 Å². The van der Waals surface area contributed by atoms with Crippen molar-refractivity contribution >= 4 is 39.1 Å². The normalized spacial score (nSPS) is 20.5. The zero-order valence-corrected chi connectivity index (χ0v) is 16.7. The molecule has 0 radical (unpaired) electrons. The van der Waals surface area contributed by atoms with Crippen LogP contribution in [0.5, 0.6) is 10.9 Å². The maximum absolute atomic E-state index is 11.0. The van der Waals surface area contributed by atoms with Crippen molar-refractivity contribution in [2.24, 2.45) is 0 Å². The first kappa shape index (κ1) is 19.2. The fourth-order valence-corrected chi connectivity index (χ4v) is 4.02. The van der Waals surface area contributed by atoms with E-state index in [1.54, 1.807) is 0 Å². The number of hydrogen-bond donors (Lipinski definition) is 1. The summed E-state index contributed by atoms with van der Waals surface area (Å²) in [6, 6.07) is 3.76. The van der Waals surface area contributed by atoms with Gasteiger partial charge in [-0.15, -0.1) is 0 Å². The van der Waals surface area contributed by atoms with Crippen LogP contribution in [0.25, 0.3) is 10.2 Å². The van der Waals surface area contributed by atoms with Gasteiger partial charge < -0.3 is 19.5 Å². The van der Waals surface area contributed by atoms with Crippen molar-refractivity contribution in [3.63, 3.8) is 0 Å². The largest absolute Gasteiger partial charge is 0.489 e.